The van der Waals surface area contributed by atoms with E-state index in [4.69, 9.17) is 0 Å². The quantitative estimate of drug-likeness (QED) is 0.757. The Balaban J connectivity index is 1.47. The second-order valence-corrected chi connectivity index (χ2v) is 6.96. The minimum absolute atomic E-state index is 0.0355. The number of anilines is 2. The van der Waals surface area contributed by atoms with Gasteiger partial charge >= 0.3 is 6.03 Å². The van der Waals surface area contributed by atoms with E-state index in [1.54, 1.807) is 42.3 Å². The molecule has 3 amide bonds. The first-order valence-corrected chi connectivity index (χ1v) is 9.57. The average molecular weight is 395 g/mol. The van der Waals surface area contributed by atoms with Gasteiger partial charge in [-0.2, -0.15) is 0 Å². The van der Waals surface area contributed by atoms with Crippen LogP contribution in [0.15, 0.2) is 48.7 Å². The molecule has 1 unspecified atom stereocenters. The Bertz CT molecular complexity index is 862. The summed E-state index contributed by atoms with van der Waals surface area (Å²) in [6, 6.07) is 11.5. The van der Waals surface area contributed by atoms with Gasteiger partial charge in [0.2, 0.25) is 5.91 Å². The fraction of sp³-hybridized carbons (Fsp3) is 0.333. The molecular weight excluding hydrogens is 370 g/mol. The summed E-state index contributed by atoms with van der Waals surface area (Å²) in [4.78, 5) is 44.3. The zero-order valence-electron chi connectivity index (χ0n) is 16.6. The van der Waals surface area contributed by atoms with Gasteiger partial charge in [-0.05, 0) is 50.2 Å². The number of carbonyl (C=O) groups is 3. The van der Waals surface area contributed by atoms with E-state index in [0.29, 0.717) is 37.4 Å². The number of carbonyl (C=O) groups excluding carboxylic acids is 3. The van der Waals surface area contributed by atoms with Crippen molar-refractivity contribution in [2.24, 2.45) is 0 Å². The van der Waals surface area contributed by atoms with E-state index < -0.39 is 6.04 Å². The van der Waals surface area contributed by atoms with E-state index in [1.165, 1.54) is 6.92 Å². The first-order valence-electron chi connectivity index (χ1n) is 9.57. The maximum Gasteiger partial charge on any atom is 0.318 e. The van der Waals surface area contributed by atoms with Crippen LogP contribution >= 0.6 is 0 Å². The lowest BCUT2D eigenvalue weighted by molar-refractivity contribution is -0.117. The third-order valence-electron chi connectivity index (χ3n) is 4.83. The van der Waals surface area contributed by atoms with Crippen LogP contribution in [0.4, 0.5) is 16.3 Å². The molecule has 1 saturated heterocycles. The summed E-state index contributed by atoms with van der Waals surface area (Å²) in [5, 5.41) is 5.49. The number of urea groups is 1. The van der Waals surface area contributed by atoms with E-state index in [2.05, 4.69) is 20.5 Å². The first kappa shape index (κ1) is 20.3. The molecule has 8 heteroatoms. The minimum atomic E-state index is -0.691. The molecule has 2 heterocycles. The smallest absolute Gasteiger partial charge is 0.318 e. The van der Waals surface area contributed by atoms with Crippen molar-refractivity contribution in [3.05, 3.63) is 54.2 Å². The van der Waals surface area contributed by atoms with E-state index in [-0.39, 0.29) is 17.7 Å². The van der Waals surface area contributed by atoms with Gasteiger partial charge in [0, 0.05) is 43.6 Å². The first-order chi connectivity index (χ1) is 13.9. The Morgan fingerprint density at radius 2 is 1.69 bits per heavy atom. The molecule has 0 saturated carbocycles. The van der Waals surface area contributed by atoms with Crippen LogP contribution in [0.1, 0.15) is 24.2 Å². The van der Waals surface area contributed by atoms with Crippen molar-refractivity contribution >= 4 is 29.2 Å². The number of rotatable bonds is 5. The SMILES string of the molecule is CC(=O)c1ccc(NC(=O)C(C)NC(=O)N2CCN(c3ccccn3)CC2)cc1. The Morgan fingerprint density at radius 3 is 2.28 bits per heavy atom. The van der Waals surface area contributed by atoms with E-state index >= 15 is 0 Å². The molecule has 0 spiro atoms. The number of benzene rings is 1. The predicted octanol–water partition coefficient (Wildman–Crippen LogP) is 2.14. The highest BCUT2D eigenvalue weighted by Crippen LogP contribution is 2.13. The summed E-state index contributed by atoms with van der Waals surface area (Å²) in [6.45, 7) is 5.62. The third kappa shape index (κ3) is 5.31. The van der Waals surface area contributed by atoms with Gasteiger partial charge in [0.15, 0.2) is 5.78 Å². The fourth-order valence-electron chi connectivity index (χ4n) is 3.06. The van der Waals surface area contributed by atoms with Gasteiger partial charge in [0.1, 0.15) is 11.9 Å². The Labute approximate surface area is 169 Å². The summed E-state index contributed by atoms with van der Waals surface area (Å²) < 4.78 is 0. The van der Waals surface area contributed by atoms with Gasteiger partial charge in [0.05, 0.1) is 0 Å². The van der Waals surface area contributed by atoms with Crippen LogP contribution in [0.3, 0.4) is 0 Å². The van der Waals surface area contributed by atoms with Crippen LogP contribution in [-0.2, 0) is 4.79 Å². The maximum atomic E-state index is 12.5. The van der Waals surface area contributed by atoms with Crippen LogP contribution in [0, 0.1) is 0 Å². The number of hydrogen-bond donors (Lipinski definition) is 2. The normalized spacial score (nSPS) is 14.8. The molecule has 1 aliphatic heterocycles. The summed E-state index contributed by atoms with van der Waals surface area (Å²) in [6.07, 6.45) is 1.75. The second kappa shape index (κ2) is 9.18. The van der Waals surface area contributed by atoms with Crippen molar-refractivity contribution in [2.75, 3.05) is 36.4 Å². The van der Waals surface area contributed by atoms with Crippen LogP contribution in [0.5, 0.6) is 0 Å². The molecule has 1 aromatic heterocycles. The van der Waals surface area contributed by atoms with Crippen LogP contribution in [0.25, 0.3) is 0 Å². The molecule has 1 atom stereocenters. The summed E-state index contributed by atoms with van der Waals surface area (Å²) in [5.41, 5.74) is 1.15. The molecule has 3 rings (SSSR count). The average Bonchev–Trinajstić information content (AvgIpc) is 2.74. The van der Waals surface area contributed by atoms with Crippen molar-refractivity contribution in [1.29, 1.82) is 0 Å². The number of amides is 3. The number of hydrogen-bond acceptors (Lipinski definition) is 5. The van der Waals surface area contributed by atoms with Crippen molar-refractivity contribution < 1.29 is 14.4 Å². The van der Waals surface area contributed by atoms with Crippen LogP contribution in [0.2, 0.25) is 0 Å². The topological polar surface area (TPSA) is 94.6 Å². The van der Waals surface area contributed by atoms with Crippen LogP contribution in [-0.4, -0.2) is 59.8 Å². The number of piperazine rings is 1. The second-order valence-electron chi connectivity index (χ2n) is 6.96. The third-order valence-corrected chi connectivity index (χ3v) is 4.83. The fourth-order valence-corrected chi connectivity index (χ4v) is 3.06. The summed E-state index contributed by atoms with van der Waals surface area (Å²) >= 11 is 0. The number of aromatic nitrogens is 1. The Hall–Kier alpha value is -3.42. The van der Waals surface area contributed by atoms with Crippen molar-refractivity contribution in [2.45, 2.75) is 19.9 Å². The lowest BCUT2D eigenvalue weighted by Crippen LogP contribution is -2.54. The van der Waals surface area contributed by atoms with Gasteiger partial charge in [-0.15, -0.1) is 0 Å². The molecule has 0 radical (unpaired) electrons. The molecular formula is C21H25N5O3. The molecule has 8 nitrogen and oxygen atoms in total. The number of nitrogens with zero attached hydrogens (tertiary/aromatic N) is 3. The molecule has 2 aromatic rings. The summed E-state index contributed by atoms with van der Waals surface area (Å²) in [7, 11) is 0. The van der Waals surface area contributed by atoms with Crippen molar-refractivity contribution in [1.82, 2.24) is 15.2 Å². The Kier molecular flexibility index (Phi) is 6.43. The van der Waals surface area contributed by atoms with Gasteiger partial charge in [-0.25, -0.2) is 9.78 Å². The highest BCUT2D eigenvalue weighted by atomic mass is 16.2. The largest absolute Gasteiger partial charge is 0.353 e. The lowest BCUT2D eigenvalue weighted by Gasteiger charge is -2.35. The highest BCUT2D eigenvalue weighted by molar-refractivity contribution is 5.98. The van der Waals surface area contributed by atoms with Gasteiger partial charge in [-0.3, -0.25) is 9.59 Å². The maximum absolute atomic E-state index is 12.5. The molecule has 29 heavy (non-hydrogen) atoms. The molecule has 152 valence electrons. The van der Waals surface area contributed by atoms with E-state index in [0.717, 1.165) is 5.82 Å². The summed E-state index contributed by atoms with van der Waals surface area (Å²) in [5.74, 6) is 0.545. The number of ketones is 1. The van der Waals surface area contributed by atoms with Gasteiger partial charge < -0.3 is 20.4 Å². The molecule has 1 fully saturated rings. The molecule has 0 aliphatic carbocycles. The molecule has 2 N–H and O–H groups in total. The van der Waals surface area contributed by atoms with Crippen molar-refractivity contribution in [3.8, 4) is 0 Å². The number of nitrogens with one attached hydrogen (secondary N) is 2. The van der Waals surface area contributed by atoms with Crippen LogP contribution < -0.4 is 15.5 Å². The monoisotopic (exact) mass is 395 g/mol. The standard InChI is InChI=1S/C21H25N5O3/c1-15(20(28)24-18-8-6-17(7-9-18)16(2)27)23-21(29)26-13-11-25(12-14-26)19-5-3-4-10-22-19/h3-10,15H,11-14H2,1-2H3,(H,23,29)(H,24,28). The molecule has 1 aromatic carbocycles. The van der Waals surface area contributed by atoms with Crippen molar-refractivity contribution in [3.63, 3.8) is 0 Å². The predicted molar refractivity (Wildman–Crippen MR) is 111 cm³/mol. The highest BCUT2D eigenvalue weighted by Gasteiger charge is 2.24. The zero-order chi connectivity index (χ0) is 20.8. The number of pyridine rings is 1. The number of Topliss-reactive ketones (excluding diaryl/α,β-unsaturated/α-hetero) is 1. The zero-order valence-corrected chi connectivity index (χ0v) is 16.6. The van der Waals surface area contributed by atoms with Gasteiger partial charge in [0.25, 0.3) is 0 Å². The van der Waals surface area contributed by atoms with E-state index in [1.807, 2.05) is 18.2 Å². The van der Waals surface area contributed by atoms with E-state index in [9.17, 15) is 14.4 Å². The lowest BCUT2D eigenvalue weighted by atomic mass is 10.1. The Morgan fingerprint density at radius 1 is 1.00 bits per heavy atom. The molecule has 0 bridgehead atoms. The van der Waals surface area contributed by atoms with Gasteiger partial charge in [-0.1, -0.05) is 6.07 Å². The minimum Gasteiger partial charge on any atom is -0.353 e. The molecule has 1 aliphatic rings.